The van der Waals surface area contributed by atoms with E-state index in [-0.39, 0.29) is 17.5 Å². The van der Waals surface area contributed by atoms with Crippen LogP contribution in [0, 0.1) is 11.6 Å². The number of hydrogen-bond acceptors (Lipinski definition) is 2. The van der Waals surface area contributed by atoms with Gasteiger partial charge in [-0.25, -0.2) is 8.78 Å². The fraction of sp³-hybridized carbons (Fsp3) is 0.462. The number of halogens is 2. The van der Waals surface area contributed by atoms with Crippen LogP contribution in [0.2, 0.25) is 0 Å². The van der Waals surface area contributed by atoms with Crippen LogP contribution in [0.25, 0.3) is 0 Å². The van der Waals surface area contributed by atoms with E-state index in [0.29, 0.717) is 0 Å². The SMILES string of the molecule is CC(NC(=O)[C@H]1CCCN1)c1c(F)cccc1F. The minimum absolute atomic E-state index is 0.0937. The average molecular weight is 254 g/mol. The Morgan fingerprint density at radius 2 is 2.11 bits per heavy atom. The molecule has 1 aliphatic heterocycles. The summed E-state index contributed by atoms with van der Waals surface area (Å²) in [6.45, 7) is 2.38. The average Bonchev–Trinajstić information content (AvgIpc) is 2.81. The second kappa shape index (κ2) is 5.44. The van der Waals surface area contributed by atoms with E-state index in [1.807, 2.05) is 0 Å². The number of nitrogens with one attached hydrogen (secondary N) is 2. The summed E-state index contributed by atoms with van der Waals surface area (Å²) in [4.78, 5) is 11.8. The first-order valence-electron chi connectivity index (χ1n) is 6.07. The number of hydrogen-bond donors (Lipinski definition) is 2. The second-order valence-corrected chi connectivity index (χ2v) is 4.51. The van der Waals surface area contributed by atoms with Gasteiger partial charge in [0.1, 0.15) is 11.6 Å². The quantitative estimate of drug-likeness (QED) is 0.865. The fourth-order valence-electron chi connectivity index (χ4n) is 2.22. The van der Waals surface area contributed by atoms with Gasteiger partial charge in [-0.3, -0.25) is 4.79 Å². The van der Waals surface area contributed by atoms with Crippen molar-refractivity contribution in [1.82, 2.24) is 10.6 Å². The van der Waals surface area contributed by atoms with Gasteiger partial charge in [0, 0.05) is 5.56 Å². The third-order valence-corrected chi connectivity index (χ3v) is 3.17. The molecule has 5 heteroatoms. The molecular weight excluding hydrogens is 238 g/mol. The van der Waals surface area contributed by atoms with Gasteiger partial charge >= 0.3 is 0 Å². The topological polar surface area (TPSA) is 41.1 Å². The zero-order valence-electron chi connectivity index (χ0n) is 10.2. The smallest absolute Gasteiger partial charge is 0.237 e. The van der Waals surface area contributed by atoms with Crippen molar-refractivity contribution in [3.05, 3.63) is 35.4 Å². The molecule has 1 heterocycles. The zero-order valence-corrected chi connectivity index (χ0v) is 10.2. The van der Waals surface area contributed by atoms with Crippen LogP contribution in [0.1, 0.15) is 31.4 Å². The Morgan fingerprint density at radius 3 is 2.67 bits per heavy atom. The molecule has 1 aromatic rings. The molecule has 0 aliphatic carbocycles. The lowest BCUT2D eigenvalue weighted by Crippen LogP contribution is -2.41. The second-order valence-electron chi connectivity index (χ2n) is 4.51. The van der Waals surface area contributed by atoms with Crippen molar-refractivity contribution in [3.63, 3.8) is 0 Å². The third-order valence-electron chi connectivity index (χ3n) is 3.17. The summed E-state index contributed by atoms with van der Waals surface area (Å²) >= 11 is 0. The zero-order chi connectivity index (χ0) is 13.1. The summed E-state index contributed by atoms with van der Waals surface area (Å²) in [5, 5.41) is 5.68. The Labute approximate surface area is 105 Å². The Bertz CT molecular complexity index is 424. The van der Waals surface area contributed by atoms with Gasteiger partial charge in [0.25, 0.3) is 0 Å². The van der Waals surface area contributed by atoms with Gasteiger partial charge in [0.2, 0.25) is 5.91 Å². The monoisotopic (exact) mass is 254 g/mol. The van der Waals surface area contributed by atoms with E-state index in [9.17, 15) is 13.6 Å². The minimum atomic E-state index is -0.680. The van der Waals surface area contributed by atoms with Crippen LogP contribution in [0.4, 0.5) is 8.78 Å². The molecule has 0 radical (unpaired) electrons. The van der Waals surface area contributed by atoms with Crippen molar-refractivity contribution in [3.8, 4) is 0 Å². The Kier molecular flexibility index (Phi) is 3.91. The largest absolute Gasteiger partial charge is 0.348 e. The lowest BCUT2D eigenvalue weighted by atomic mass is 10.1. The fourth-order valence-corrected chi connectivity index (χ4v) is 2.22. The van der Waals surface area contributed by atoms with Crippen LogP contribution < -0.4 is 10.6 Å². The van der Waals surface area contributed by atoms with E-state index in [1.54, 1.807) is 6.92 Å². The van der Waals surface area contributed by atoms with Gasteiger partial charge in [0.15, 0.2) is 0 Å². The standard InChI is InChI=1S/C13H16F2N2O/c1-8(12-9(14)4-2-5-10(12)15)17-13(18)11-6-3-7-16-11/h2,4-5,8,11,16H,3,6-7H2,1H3,(H,17,18)/t8?,11-/m1/s1. The van der Waals surface area contributed by atoms with E-state index < -0.39 is 17.7 Å². The Hall–Kier alpha value is -1.49. The maximum absolute atomic E-state index is 13.5. The molecule has 98 valence electrons. The molecule has 0 saturated carbocycles. The van der Waals surface area contributed by atoms with Crippen molar-refractivity contribution in [1.29, 1.82) is 0 Å². The van der Waals surface area contributed by atoms with Crippen LogP contribution in [-0.2, 0) is 4.79 Å². The van der Waals surface area contributed by atoms with Crippen molar-refractivity contribution in [2.45, 2.75) is 31.8 Å². The van der Waals surface area contributed by atoms with Gasteiger partial charge in [0.05, 0.1) is 12.1 Å². The van der Waals surface area contributed by atoms with Gasteiger partial charge in [-0.2, -0.15) is 0 Å². The number of benzene rings is 1. The molecule has 1 aliphatic rings. The van der Waals surface area contributed by atoms with E-state index in [2.05, 4.69) is 10.6 Å². The third kappa shape index (κ3) is 2.67. The predicted molar refractivity (Wildman–Crippen MR) is 63.9 cm³/mol. The highest BCUT2D eigenvalue weighted by Gasteiger charge is 2.25. The lowest BCUT2D eigenvalue weighted by Gasteiger charge is -2.18. The first-order valence-corrected chi connectivity index (χ1v) is 6.07. The van der Waals surface area contributed by atoms with Gasteiger partial charge in [-0.1, -0.05) is 6.07 Å². The molecular formula is C13H16F2N2O. The molecule has 1 aromatic carbocycles. The number of amides is 1. The first-order chi connectivity index (χ1) is 8.59. The van der Waals surface area contributed by atoms with Crippen LogP contribution in [-0.4, -0.2) is 18.5 Å². The van der Waals surface area contributed by atoms with Crippen molar-refractivity contribution in [2.24, 2.45) is 0 Å². The van der Waals surface area contributed by atoms with Gasteiger partial charge < -0.3 is 10.6 Å². The molecule has 2 rings (SSSR count). The predicted octanol–water partition coefficient (Wildman–Crippen LogP) is 1.89. The van der Waals surface area contributed by atoms with Gasteiger partial charge in [-0.05, 0) is 38.4 Å². The van der Waals surface area contributed by atoms with E-state index in [4.69, 9.17) is 0 Å². The highest BCUT2D eigenvalue weighted by atomic mass is 19.1. The Balaban J connectivity index is 2.07. The summed E-state index contributed by atoms with van der Waals surface area (Å²) in [6.07, 6.45) is 1.71. The van der Waals surface area contributed by atoms with Crippen molar-refractivity contribution < 1.29 is 13.6 Å². The van der Waals surface area contributed by atoms with E-state index in [1.165, 1.54) is 18.2 Å². The van der Waals surface area contributed by atoms with Crippen LogP contribution >= 0.6 is 0 Å². The minimum Gasteiger partial charge on any atom is -0.348 e. The molecule has 1 fully saturated rings. The lowest BCUT2D eigenvalue weighted by molar-refractivity contribution is -0.123. The highest BCUT2D eigenvalue weighted by molar-refractivity contribution is 5.82. The van der Waals surface area contributed by atoms with Crippen LogP contribution in [0.3, 0.4) is 0 Å². The number of carbonyl (C=O) groups excluding carboxylic acids is 1. The highest BCUT2D eigenvalue weighted by Crippen LogP contribution is 2.20. The molecule has 2 N–H and O–H groups in total. The Morgan fingerprint density at radius 1 is 1.44 bits per heavy atom. The normalized spacial score (nSPS) is 20.7. The summed E-state index contributed by atoms with van der Waals surface area (Å²) in [5.41, 5.74) is -0.0937. The van der Waals surface area contributed by atoms with Crippen LogP contribution in [0.15, 0.2) is 18.2 Å². The molecule has 1 saturated heterocycles. The molecule has 18 heavy (non-hydrogen) atoms. The summed E-state index contributed by atoms with van der Waals surface area (Å²) < 4.78 is 27.0. The molecule has 1 unspecified atom stereocenters. The summed E-state index contributed by atoms with van der Waals surface area (Å²) in [7, 11) is 0. The van der Waals surface area contributed by atoms with Gasteiger partial charge in [-0.15, -0.1) is 0 Å². The summed E-state index contributed by atoms with van der Waals surface area (Å²) in [6, 6.07) is 2.76. The van der Waals surface area contributed by atoms with Crippen molar-refractivity contribution >= 4 is 5.91 Å². The molecule has 0 aromatic heterocycles. The maximum Gasteiger partial charge on any atom is 0.237 e. The first kappa shape index (κ1) is 13.0. The molecule has 0 bridgehead atoms. The van der Waals surface area contributed by atoms with Crippen LogP contribution in [0.5, 0.6) is 0 Å². The molecule has 2 atom stereocenters. The van der Waals surface area contributed by atoms with E-state index >= 15 is 0 Å². The molecule has 3 nitrogen and oxygen atoms in total. The van der Waals surface area contributed by atoms with E-state index in [0.717, 1.165) is 19.4 Å². The maximum atomic E-state index is 13.5. The van der Waals surface area contributed by atoms with Crippen molar-refractivity contribution in [2.75, 3.05) is 6.54 Å². The molecule has 1 amide bonds. The molecule has 0 spiro atoms. The number of rotatable bonds is 3. The number of carbonyl (C=O) groups is 1. The summed E-state index contributed by atoms with van der Waals surface area (Å²) in [5.74, 6) is -1.48.